The molecule has 1 aliphatic carbocycles. The largest absolute Gasteiger partial charge is 0.468 e. The van der Waals surface area contributed by atoms with E-state index in [2.05, 4.69) is 53.4 Å². The number of hydrogen-bond donors (Lipinski definition) is 0. The highest BCUT2D eigenvalue weighted by atomic mass is 16.5. The molecule has 0 spiro atoms. The molecule has 3 nitrogen and oxygen atoms in total. The first-order valence-corrected chi connectivity index (χ1v) is 9.46. The maximum atomic E-state index is 12.1. The van der Waals surface area contributed by atoms with Crippen molar-refractivity contribution in [1.29, 1.82) is 0 Å². The molecular weight excluding hydrogens is 322 g/mol. The fourth-order valence-corrected chi connectivity index (χ4v) is 4.59. The molecule has 2 aromatic rings. The normalized spacial score (nSPS) is 25.0. The van der Waals surface area contributed by atoms with Crippen molar-refractivity contribution < 1.29 is 9.53 Å². The van der Waals surface area contributed by atoms with Gasteiger partial charge in [0, 0.05) is 19.6 Å². The van der Waals surface area contributed by atoms with E-state index in [-0.39, 0.29) is 5.97 Å². The molecule has 2 aliphatic rings. The number of carbonyl (C=O) groups excluding carboxylic acids is 1. The molecular formula is C23H27NO2. The monoisotopic (exact) mass is 349 g/mol. The molecule has 1 aliphatic heterocycles. The second kappa shape index (κ2) is 6.55. The number of hydrogen-bond acceptors (Lipinski definition) is 3. The van der Waals surface area contributed by atoms with Crippen LogP contribution in [-0.4, -0.2) is 31.1 Å². The number of likely N-dealkylation sites (tertiary alicyclic amines) is 1. The Kier molecular flexibility index (Phi) is 4.36. The number of piperidine rings is 1. The Hall–Kier alpha value is -2.13. The molecule has 3 atom stereocenters. The molecule has 1 heterocycles. The Morgan fingerprint density at radius 3 is 2.42 bits per heavy atom. The summed E-state index contributed by atoms with van der Waals surface area (Å²) in [5.74, 6) is 1.99. The average Bonchev–Trinajstić information content (AvgIpc) is 3.17. The smallest absolute Gasteiger partial charge is 0.315 e. The number of methoxy groups -OCH3 is 1. The summed E-state index contributed by atoms with van der Waals surface area (Å²) in [7, 11) is 1.46. The first kappa shape index (κ1) is 17.3. The number of benzene rings is 2. The minimum atomic E-state index is -0.603. The molecule has 2 aromatic carbocycles. The van der Waals surface area contributed by atoms with E-state index < -0.39 is 5.41 Å². The minimum Gasteiger partial charge on any atom is -0.468 e. The molecule has 0 unspecified atom stereocenters. The fourth-order valence-electron chi connectivity index (χ4n) is 4.59. The summed E-state index contributed by atoms with van der Waals surface area (Å²) in [6.07, 6.45) is 0. The SMILES string of the molecule is COC(=O)C(C)(C)c1cccc([C@H]2[C@@H]3CN(Cc4ccccc4)C[C@@H]32)c1. The summed E-state index contributed by atoms with van der Waals surface area (Å²) in [5.41, 5.74) is 3.22. The third-order valence-corrected chi connectivity index (χ3v) is 6.21. The van der Waals surface area contributed by atoms with E-state index in [0.29, 0.717) is 5.92 Å². The maximum Gasteiger partial charge on any atom is 0.315 e. The van der Waals surface area contributed by atoms with Gasteiger partial charge in [-0.1, -0.05) is 54.6 Å². The molecule has 0 aromatic heterocycles. The van der Waals surface area contributed by atoms with Crippen molar-refractivity contribution in [3.05, 3.63) is 71.3 Å². The van der Waals surface area contributed by atoms with Crippen LogP contribution in [-0.2, 0) is 21.5 Å². The number of carbonyl (C=O) groups is 1. The fraction of sp³-hybridized carbons (Fsp3) is 0.435. The van der Waals surface area contributed by atoms with Crippen molar-refractivity contribution in [1.82, 2.24) is 4.90 Å². The van der Waals surface area contributed by atoms with Gasteiger partial charge < -0.3 is 4.74 Å². The molecule has 0 bridgehead atoms. The standard InChI is InChI=1S/C23H27NO2/c1-23(2,22(25)26-3)18-11-7-10-17(12-18)21-19-14-24(15-20(19)21)13-16-8-5-4-6-9-16/h4-12,19-21H,13-15H2,1-3H3/t19-,20+,21+. The summed E-state index contributed by atoms with van der Waals surface area (Å²) < 4.78 is 4.99. The summed E-state index contributed by atoms with van der Waals surface area (Å²) >= 11 is 0. The zero-order chi connectivity index (χ0) is 18.3. The van der Waals surface area contributed by atoms with E-state index >= 15 is 0 Å². The second-order valence-electron chi connectivity index (χ2n) is 8.28. The van der Waals surface area contributed by atoms with E-state index in [1.54, 1.807) is 0 Å². The lowest BCUT2D eigenvalue weighted by Gasteiger charge is -2.23. The van der Waals surface area contributed by atoms with Gasteiger partial charge in [-0.2, -0.15) is 0 Å². The molecule has 0 amide bonds. The van der Waals surface area contributed by atoms with Crippen LogP contribution in [0.3, 0.4) is 0 Å². The topological polar surface area (TPSA) is 29.5 Å². The average molecular weight is 349 g/mol. The third-order valence-electron chi connectivity index (χ3n) is 6.21. The number of rotatable bonds is 5. The van der Waals surface area contributed by atoms with Gasteiger partial charge in [0.15, 0.2) is 0 Å². The lowest BCUT2D eigenvalue weighted by molar-refractivity contribution is -0.146. The van der Waals surface area contributed by atoms with Gasteiger partial charge in [0.2, 0.25) is 0 Å². The third kappa shape index (κ3) is 3.05. The van der Waals surface area contributed by atoms with Gasteiger partial charge in [0.05, 0.1) is 12.5 Å². The number of ether oxygens (including phenoxy) is 1. The van der Waals surface area contributed by atoms with E-state index in [9.17, 15) is 4.79 Å². The van der Waals surface area contributed by atoms with Gasteiger partial charge in [0.25, 0.3) is 0 Å². The van der Waals surface area contributed by atoms with Crippen LogP contribution >= 0.6 is 0 Å². The number of fused-ring (bicyclic) bond motifs is 1. The van der Waals surface area contributed by atoms with E-state index in [0.717, 1.165) is 23.9 Å². The molecule has 2 fully saturated rings. The molecule has 26 heavy (non-hydrogen) atoms. The molecule has 3 heteroatoms. The zero-order valence-electron chi connectivity index (χ0n) is 15.8. The van der Waals surface area contributed by atoms with Crippen LogP contribution in [0.15, 0.2) is 54.6 Å². The maximum absolute atomic E-state index is 12.1. The Bertz CT molecular complexity index is 787. The van der Waals surface area contributed by atoms with Crippen LogP contribution in [0.5, 0.6) is 0 Å². The summed E-state index contributed by atoms with van der Waals surface area (Å²) in [6, 6.07) is 19.3. The van der Waals surface area contributed by atoms with E-state index in [1.165, 1.54) is 31.3 Å². The highest BCUT2D eigenvalue weighted by Crippen LogP contribution is 2.58. The van der Waals surface area contributed by atoms with Crippen LogP contribution in [0, 0.1) is 11.8 Å². The van der Waals surface area contributed by atoms with Gasteiger partial charge in [0.1, 0.15) is 0 Å². The van der Waals surface area contributed by atoms with Crippen molar-refractivity contribution in [2.45, 2.75) is 31.7 Å². The molecule has 0 radical (unpaired) electrons. The molecule has 1 saturated heterocycles. The van der Waals surface area contributed by atoms with Crippen LogP contribution in [0.4, 0.5) is 0 Å². The van der Waals surface area contributed by atoms with Crippen molar-refractivity contribution in [3.8, 4) is 0 Å². The number of esters is 1. The van der Waals surface area contributed by atoms with Crippen LogP contribution < -0.4 is 0 Å². The van der Waals surface area contributed by atoms with E-state index in [4.69, 9.17) is 4.74 Å². The second-order valence-corrected chi connectivity index (χ2v) is 8.28. The Morgan fingerprint density at radius 2 is 1.77 bits per heavy atom. The molecule has 0 N–H and O–H groups in total. The lowest BCUT2D eigenvalue weighted by Crippen LogP contribution is -2.30. The van der Waals surface area contributed by atoms with Crippen molar-refractivity contribution in [2.24, 2.45) is 11.8 Å². The van der Waals surface area contributed by atoms with Gasteiger partial charge in [-0.05, 0) is 48.3 Å². The number of nitrogens with zero attached hydrogens (tertiary/aromatic N) is 1. The Balaban J connectivity index is 1.43. The molecule has 1 saturated carbocycles. The van der Waals surface area contributed by atoms with Gasteiger partial charge in [-0.25, -0.2) is 0 Å². The van der Waals surface area contributed by atoms with E-state index in [1.807, 2.05) is 19.9 Å². The first-order chi connectivity index (χ1) is 12.5. The predicted molar refractivity (Wildman–Crippen MR) is 103 cm³/mol. The van der Waals surface area contributed by atoms with Crippen molar-refractivity contribution >= 4 is 5.97 Å². The lowest BCUT2D eigenvalue weighted by atomic mass is 9.83. The summed E-state index contributed by atoms with van der Waals surface area (Å²) in [5, 5.41) is 0. The van der Waals surface area contributed by atoms with Crippen LogP contribution in [0.1, 0.15) is 36.5 Å². The van der Waals surface area contributed by atoms with Crippen molar-refractivity contribution in [2.75, 3.05) is 20.2 Å². The Morgan fingerprint density at radius 1 is 1.08 bits per heavy atom. The van der Waals surface area contributed by atoms with Crippen LogP contribution in [0.25, 0.3) is 0 Å². The molecule has 4 rings (SSSR count). The highest BCUT2D eigenvalue weighted by molar-refractivity contribution is 5.82. The molecule has 136 valence electrons. The van der Waals surface area contributed by atoms with Gasteiger partial charge in [-0.15, -0.1) is 0 Å². The van der Waals surface area contributed by atoms with Crippen LogP contribution in [0.2, 0.25) is 0 Å². The van der Waals surface area contributed by atoms with Crippen molar-refractivity contribution in [3.63, 3.8) is 0 Å². The predicted octanol–water partition coefficient (Wildman–Crippen LogP) is 3.98. The summed E-state index contributed by atoms with van der Waals surface area (Å²) in [4.78, 5) is 14.7. The Labute approximate surface area is 156 Å². The minimum absolute atomic E-state index is 0.181. The zero-order valence-corrected chi connectivity index (χ0v) is 15.8. The van der Waals surface area contributed by atoms with Gasteiger partial charge >= 0.3 is 5.97 Å². The highest BCUT2D eigenvalue weighted by Gasteiger charge is 2.56. The van der Waals surface area contributed by atoms with Gasteiger partial charge in [-0.3, -0.25) is 9.69 Å². The summed E-state index contributed by atoms with van der Waals surface area (Å²) in [6.45, 7) is 7.28. The first-order valence-electron chi connectivity index (χ1n) is 9.46. The quantitative estimate of drug-likeness (QED) is 0.765.